The molecule has 14 heteroatoms. The van der Waals surface area contributed by atoms with E-state index in [-0.39, 0.29) is 23.6 Å². The van der Waals surface area contributed by atoms with Crippen LogP contribution in [0.5, 0.6) is 0 Å². The van der Waals surface area contributed by atoms with E-state index in [2.05, 4.69) is 42.5 Å². The molecule has 0 bridgehead atoms. The number of aromatic nitrogens is 1. The van der Waals surface area contributed by atoms with Crippen LogP contribution in [0, 0.1) is 11.1 Å². The predicted octanol–water partition coefficient (Wildman–Crippen LogP) is 2.59. The Balaban J connectivity index is 1.71. The molecule has 0 spiro atoms. The van der Waals surface area contributed by atoms with Crippen molar-refractivity contribution in [1.29, 1.82) is 0 Å². The Hall–Kier alpha value is -1.87. The number of nitrogens with zero attached hydrogens (tertiary/aromatic N) is 2. The first-order chi connectivity index (χ1) is 16.9. The van der Waals surface area contributed by atoms with E-state index in [4.69, 9.17) is 0 Å². The second-order valence-electron chi connectivity index (χ2n) is 8.76. The minimum atomic E-state index is -4.19. The normalized spacial score (nSPS) is 18.0. The number of thiophene rings is 1. The molecular weight excluding hydrogens is 640 g/mol. The van der Waals surface area contributed by atoms with Gasteiger partial charge in [-0.3, -0.25) is 14.4 Å². The first kappa shape index (κ1) is 28.7. The third kappa shape index (κ3) is 6.91. The fourth-order valence-electron chi connectivity index (χ4n) is 3.76. The Morgan fingerprint density at radius 1 is 1.31 bits per heavy atom. The van der Waals surface area contributed by atoms with Gasteiger partial charge < -0.3 is 15.8 Å². The lowest BCUT2D eigenvalue weighted by Crippen LogP contribution is -2.52. The summed E-state index contributed by atoms with van der Waals surface area (Å²) >= 11 is 7.91. The fourth-order valence-corrected chi connectivity index (χ4v) is 7.17. The van der Waals surface area contributed by atoms with E-state index in [0.717, 1.165) is 18.8 Å². The van der Waals surface area contributed by atoms with E-state index >= 15 is 0 Å². The molecule has 36 heavy (non-hydrogen) atoms. The minimum Gasteiger partial charge on any atom is -0.618 e. The van der Waals surface area contributed by atoms with Crippen LogP contribution in [0.2, 0.25) is 0 Å². The van der Waals surface area contributed by atoms with Gasteiger partial charge in [0.2, 0.25) is 5.91 Å². The van der Waals surface area contributed by atoms with Crippen LogP contribution >= 0.6 is 43.2 Å². The summed E-state index contributed by atoms with van der Waals surface area (Å²) in [5.41, 5.74) is 0. The Morgan fingerprint density at radius 2 is 2.03 bits per heavy atom. The van der Waals surface area contributed by atoms with Crippen LogP contribution < -0.4 is 15.4 Å². The number of hydrogen-bond donors (Lipinski definition) is 2. The molecule has 2 N–H and O–H groups in total. The molecule has 1 fully saturated rings. The summed E-state index contributed by atoms with van der Waals surface area (Å²) < 4.78 is 28.6. The second kappa shape index (κ2) is 12.1. The zero-order valence-electron chi connectivity index (χ0n) is 19.6. The maximum Gasteiger partial charge on any atom is 0.323 e. The molecular formula is C22H26Br2N4O6S2. The van der Waals surface area contributed by atoms with Gasteiger partial charge in [-0.05, 0) is 69.2 Å². The molecule has 2 aromatic heterocycles. The summed E-state index contributed by atoms with van der Waals surface area (Å²) in [6, 6.07) is 3.88. The number of hydrogen-bond acceptors (Lipinski definition) is 7. The highest BCUT2D eigenvalue weighted by Crippen LogP contribution is 2.32. The van der Waals surface area contributed by atoms with Crippen molar-refractivity contribution in [3.8, 4) is 0 Å². The summed E-state index contributed by atoms with van der Waals surface area (Å²) in [6.45, 7) is 3.39. The molecule has 10 nitrogen and oxygen atoms in total. The Labute approximate surface area is 230 Å². The van der Waals surface area contributed by atoms with E-state index in [1.54, 1.807) is 6.07 Å². The molecule has 3 heterocycles. The summed E-state index contributed by atoms with van der Waals surface area (Å²) in [4.78, 5) is 39.2. The van der Waals surface area contributed by atoms with Gasteiger partial charge in [-0.1, -0.05) is 13.8 Å². The number of amides is 2. The molecule has 0 radical (unpaired) electrons. The van der Waals surface area contributed by atoms with Crippen LogP contribution in [0.3, 0.4) is 0 Å². The van der Waals surface area contributed by atoms with Gasteiger partial charge in [0.1, 0.15) is 6.04 Å². The summed E-state index contributed by atoms with van der Waals surface area (Å²) in [5, 5.41) is 17.0. The van der Waals surface area contributed by atoms with Crippen molar-refractivity contribution in [2.45, 2.75) is 50.2 Å². The van der Waals surface area contributed by atoms with Crippen LogP contribution in [0.25, 0.3) is 0 Å². The number of carbonyl (C=O) groups excluding carboxylic acids is 3. The number of pyridine rings is 1. The Morgan fingerprint density at radius 3 is 2.64 bits per heavy atom. The average molecular weight is 666 g/mol. The lowest BCUT2D eigenvalue weighted by atomic mass is 10.0. The molecule has 2 atom stereocenters. The van der Waals surface area contributed by atoms with E-state index in [0.29, 0.717) is 17.7 Å². The average Bonchev–Trinajstić information content (AvgIpc) is 3.03. The van der Waals surface area contributed by atoms with Gasteiger partial charge in [0.25, 0.3) is 5.91 Å². The summed E-state index contributed by atoms with van der Waals surface area (Å²) in [6.07, 6.45) is 1.96. The monoisotopic (exact) mass is 664 g/mol. The SMILES string of the molecule is CC(C)C[C@@H](NC(=O)c1cc(Br)c(Br)s1)C(=O)N[C@@H]1CCCN(S(=O)(=O)c2cccc[n+]2[O-])CC1=O. The van der Waals surface area contributed by atoms with E-state index in [1.165, 1.54) is 29.5 Å². The number of ketones is 1. The number of rotatable bonds is 8. The van der Waals surface area contributed by atoms with Crippen LogP contribution in [0.1, 0.15) is 42.8 Å². The molecule has 0 aromatic carbocycles. The quantitative estimate of drug-likeness (QED) is 0.328. The smallest absolute Gasteiger partial charge is 0.323 e. The van der Waals surface area contributed by atoms with Crippen molar-refractivity contribution in [2.75, 3.05) is 13.1 Å². The zero-order valence-corrected chi connectivity index (χ0v) is 24.4. The number of carbonyl (C=O) groups is 3. The Bertz CT molecular complexity index is 1230. The molecule has 2 aromatic rings. The van der Waals surface area contributed by atoms with Gasteiger partial charge in [-0.2, -0.15) is 9.04 Å². The lowest BCUT2D eigenvalue weighted by molar-refractivity contribution is -0.646. The lowest BCUT2D eigenvalue weighted by Gasteiger charge is -2.23. The van der Waals surface area contributed by atoms with Gasteiger partial charge in [0, 0.05) is 23.2 Å². The highest BCUT2D eigenvalue weighted by molar-refractivity contribution is 9.13. The number of halogens is 2. The predicted molar refractivity (Wildman–Crippen MR) is 141 cm³/mol. The molecule has 3 rings (SSSR count). The summed E-state index contributed by atoms with van der Waals surface area (Å²) in [7, 11) is -4.19. The van der Waals surface area contributed by atoms with Crippen LogP contribution in [-0.4, -0.2) is 55.5 Å². The van der Waals surface area contributed by atoms with Crippen LogP contribution in [0.15, 0.2) is 43.7 Å². The van der Waals surface area contributed by atoms with Crippen molar-refractivity contribution >= 4 is 70.8 Å². The number of sulfonamides is 1. The first-order valence-corrected chi connectivity index (χ1v) is 15.0. The van der Waals surface area contributed by atoms with Crippen molar-refractivity contribution in [2.24, 2.45) is 5.92 Å². The van der Waals surface area contributed by atoms with Crippen LogP contribution in [-0.2, 0) is 19.6 Å². The van der Waals surface area contributed by atoms with E-state index in [9.17, 15) is 28.0 Å². The van der Waals surface area contributed by atoms with E-state index in [1.807, 2.05) is 13.8 Å². The molecule has 0 unspecified atom stereocenters. The van der Waals surface area contributed by atoms with Gasteiger partial charge in [-0.15, -0.1) is 11.3 Å². The Kier molecular flexibility index (Phi) is 9.66. The maximum atomic E-state index is 13.1. The molecule has 0 saturated carbocycles. The van der Waals surface area contributed by atoms with Gasteiger partial charge in [-0.25, -0.2) is 8.42 Å². The third-order valence-electron chi connectivity index (χ3n) is 5.53. The standard InChI is InChI=1S/C22H26Br2N4O6S2/c1-13(2)10-16(26-22(31)18-11-14(23)20(24)35-18)21(30)25-15-6-5-8-27(12-17(15)29)36(33,34)19-7-3-4-9-28(19)32/h3-4,7,9,11,13,15-16H,5-6,8,10,12H2,1-2H3,(H,25,30)(H,26,31)/t15-,16-/m1/s1. The molecule has 1 aliphatic heterocycles. The van der Waals surface area contributed by atoms with E-state index < -0.39 is 51.3 Å². The highest BCUT2D eigenvalue weighted by Gasteiger charge is 2.37. The zero-order chi connectivity index (χ0) is 26.6. The second-order valence-corrected chi connectivity index (χ2v) is 13.9. The molecule has 1 aliphatic rings. The highest BCUT2D eigenvalue weighted by atomic mass is 79.9. The van der Waals surface area contributed by atoms with Crippen molar-refractivity contribution in [3.63, 3.8) is 0 Å². The van der Waals surface area contributed by atoms with Gasteiger partial charge in [0.05, 0.1) is 21.3 Å². The number of nitrogens with one attached hydrogen (secondary N) is 2. The minimum absolute atomic E-state index is 0.0314. The third-order valence-corrected chi connectivity index (χ3v) is 10.6. The molecule has 0 aliphatic carbocycles. The maximum absolute atomic E-state index is 13.1. The van der Waals surface area contributed by atoms with Gasteiger partial charge >= 0.3 is 15.0 Å². The topological polar surface area (TPSA) is 140 Å². The first-order valence-electron chi connectivity index (χ1n) is 11.2. The largest absolute Gasteiger partial charge is 0.618 e. The fraction of sp³-hybridized carbons (Fsp3) is 0.455. The van der Waals surface area contributed by atoms with Crippen molar-refractivity contribution < 1.29 is 27.5 Å². The van der Waals surface area contributed by atoms with Crippen molar-refractivity contribution in [1.82, 2.24) is 14.9 Å². The molecule has 1 saturated heterocycles. The number of Topliss-reactive ketones (excluding diaryl/α,β-unsaturated/α-hetero) is 1. The van der Waals surface area contributed by atoms with Gasteiger partial charge in [0.15, 0.2) is 12.0 Å². The summed E-state index contributed by atoms with van der Waals surface area (Å²) in [5.74, 6) is -1.33. The molecule has 196 valence electrons. The van der Waals surface area contributed by atoms with Crippen LogP contribution in [0.4, 0.5) is 0 Å². The molecule has 2 amide bonds. The van der Waals surface area contributed by atoms with Crippen molar-refractivity contribution in [3.05, 3.63) is 48.8 Å².